The number of hydrogen-bond donors (Lipinski definition) is 2. The van der Waals surface area contributed by atoms with Gasteiger partial charge < -0.3 is 14.4 Å². The number of rotatable bonds is 8. The Kier molecular flexibility index (Phi) is 7.10. The number of carbonyl (C=O) groups excluding carboxylic acids is 1. The van der Waals surface area contributed by atoms with Crippen LogP contribution in [0.3, 0.4) is 0 Å². The Morgan fingerprint density at radius 1 is 0.950 bits per heavy atom. The summed E-state index contributed by atoms with van der Waals surface area (Å²) in [6, 6.07) is 19.6. The molecule has 2 N–H and O–H groups in total. The molecular weight excluding hydrogens is 525 g/mol. The minimum absolute atomic E-state index is 0.0298. The topological polar surface area (TPSA) is 102 Å². The minimum atomic E-state index is -4.40. The summed E-state index contributed by atoms with van der Waals surface area (Å²) in [6.45, 7) is 1.64. The standard InChI is InChI=1S/C30H25F3N2O5/c1-18-25(34-28(38)39-17-14-19-2-10-24(11-3-19)30(31,32)33)26(40-35-18)22-6-4-20(5-7-22)21-8-12-23(13-9-21)29(15-16-29)27(36)37/h2-13H,14-17H2,1H3,(H,34,38)(H,36,37). The van der Waals surface area contributed by atoms with Gasteiger partial charge in [-0.15, -0.1) is 0 Å². The second kappa shape index (κ2) is 10.5. The molecule has 40 heavy (non-hydrogen) atoms. The molecule has 1 heterocycles. The summed E-state index contributed by atoms with van der Waals surface area (Å²) in [6.07, 6.45) is -3.60. The summed E-state index contributed by atoms with van der Waals surface area (Å²) < 4.78 is 48.8. The zero-order chi connectivity index (χ0) is 28.5. The Morgan fingerprint density at radius 2 is 1.52 bits per heavy atom. The molecule has 1 saturated carbocycles. The molecular formula is C30H25F3N2O5. The van der Waals surface area contributed by atoms with Crippen LogP contribution in [0.25, 0.3) is 22.5 Å². The van der Waals surface area contributed by atoms with Gasteiger partial charge in [0.1, 0.15) is 11.4 Å². The molecule has 3 aromatic carbocycles. The van der Waals surface area contributed by atoms with Crippen molar-refractivity contribution in [2.45, 2.75) is 37.8 Å². The van der Waals surface area contributed by atoms with Crippen LogP contribution in [0.2, 0.25) is 0 Å². The first-order valence-electron chi connectivity index (χ1n) is 12.6. The maximum absolute atomic E-state index is 12.7. The van der Waals surface area contributed by atoms with Crippen LogP contribution < -0.4 is 5.32 Å². The van der Waals surface area contributed by atoms with E-state index in [1.807, 2.05) is 48.5 Å². The number of halogens is 3. The van der Waals surface area contributed by atoms with Crippen LogP contribution >= 0.6 is 0 Å². The van der Waals surface area contributed by atoms with E-state index in [9.17, 15) is 27.9 Å². The van der Waals surface area contributed by atoms with Crippen LogP contribution in [-0.4, -0.2) is 28.9 Å². The molecule has 5 rings (SSSR count). The highest BCUT2D eigenvalue weighted by Gasteiger charge is 2.51. The van der Waals surface area contributed by atoms with Crippen molar-refractivity contribution in [3.63, 3.8) is 0 Å². The molecule has 0 bridgehead atoms. The van der Waals surface area contributed by atoms with Crippen molar-refractivity contribution in [3.05, 3.63) is 95.2 Å². The van der Waals surface area contributed by atoms with Gasteiger partial charge >= 0.3 is 18.2 Å². The molecule has 10 heteroatoms. The first kappa shape index (κ1) is 27.0. The number of alkyl halides is 3. The first-order valence-corrected chi connectivity index (χ1v) is 12.6. The third-order valence-electron chi connectivity index (χ3n) is 7.07. The average molecular weight is 551 g/mol. The molecule has 206 valence electrons. The van der Waals surface area contributed by atoms with E-state index >= 15 is 0 Å². The highest BCUT2D eigenvalue weighted by Crippen LogP contribution is 2.48. The van der Waals surface area contributed by atoms with Gasteiger partial charge in [0.25, 0.3) is 0 Å². The van der Waals surface area contributed by atoms with Crippen molar-refractivity contribution in [3.8, 4) is 22.5 Å². The van der Waals surface area contributed by atoms with Crippen molar-refractivity contribution in [1.29, 1.82) is 0 Å². The Bertz CT molecular complexity index is 1520. The fourth-order valence-corrected chi connectivity index (χ4v) is 4.52. The lowest BCUT2D eigenvalue weighted by molar-refractivity contribution is -0.140. The van der Waals surface area contributed by atoms with Crippen LogP contribution in [-0.2, 0) is 27.5 Å². The quantitative estimate of drug-likeness (QED) is 0.240. The van der Waals surface area contributed by atoms with Gasteiger partial charge in [0.15, 0.2) is 5.76 Å². The molecule has 0 spiro atoms. The molecule has 0 radical (unpaired) electrons. The number of aryl methyl sites for hydroxylation is 1. The molecule has 0 aliphatic heterocycles. The van der Waals surface area contributed by atoms with Gasteiger partial charge in [0.2, 0.25) is 0 Å². The first-order chi connectivity index (χ1) is 19.1. The van der Waals surface area contributed by atoms with E-state index in [2.05, 4.69) is 10.5 Å². The van der Waals surface area contributed by atoms with E-state index < -0.39 is 29.2 Å². The van der Waals surface area contributed by atoms with Gasteiger partial charge in [-0.25, -0.2) is 4.79 Å². The van der Waals surface area contributed by atoms with Gasteiger partial charge in [-0.3, -0.25) is 10.1 Å². The number of amides is 1. The summed E-state index contributed by atoms with van der Waals surface area (Å²) >= 11 is 0. The van der Waals surface area contributed by atoms with Crippen LogP contribution in [0.5, 0.6) is 0 Å². The predicted octanol–water partition coefficient (Wildman–Crippen LogP) is 7.24. The number of carbonyl (C=O) groups is 2. The Morgan fingerprint density at radius 3 is 2.08 bits per heavy atom. The molecule has 1 amide bonds. The monoisotopic (exact) mass is 550 g/mol. The maximum atomic E-state index is 12.7. The van der Waals surface area contributed by atoms with Gasteiger partial charge in [-0.2, -0.15) is 13.2 Å². The highest BCUT2D eigenvalue weighted by molar-refractivity contribution is 5.91. The number of carboxylic acid groups (broad SMARTS) is 1. The van der Waals surface area contributed by atoms with E-state index in [1.54, 1.807) is 6.92 Å². The van der Waals surface area contributed by atoms with Crippen molar-refractivity contribution in [2.75, 3.05) is 11.9 Å². The van der Waals surface area contributed by atoms with Crippen LogP contribution in [0.15, 0.2) is 77.3 Å². The van der Waals surface area contributed by atoms with Crippen molar-refractivity contribution in [1.82, 2.24) is 5.16 Å². The number of carboxylic acids is 1. The van der Waals surface area contributed by atoms with Gasteiger partial charge in [0, 0.05) is 12.0 Å². The number of nitrogens with one attached hydrogen (secondary N) is 1. The van der Waals surface area contributed by atoms with E-state index in [-0.39, 0.29) is 13.0 Å². The summed E-state index contributed by atoms with van der Waals surface area (Å²) in [7, 11) is 0. The van der Waals surface area contributed by atoms with Gasteiger partial charge in [-0.05, 0) is 54.2 Å². The maximum Gasteiger partial charge on any atom is 0.416 e. The molecule has 0 unspecified atom stereocenters. The number of nitrogens with zero attached hydrogens (tertiary/aromatic N) is 1. The summed E-state index contributed by atoms with van der Waals surface area (Å²) in [5.41, 5.74) is 3.23. The van der Waals surface area contributed by atoms with E-state index in [4.69, 9.17) is 9.26 Å². The highest BCUT2D eigenvalue weighted by atomic mass is 19.4. The second-order valence-electron chi connectivity index (χ2n) is 9.72. The summed E-state index contributed by atoms with van der Waals surface area (Å²) in [5.74, 6) is -0.448. The number of hydrogen-bond acceptors (Lipinski definition) is 5. The Labute approximate surface area is 227 Å². The van der Waals surface area contributed by atoms with E-state index in [0.717, 1.165) is 28.8 Å². The smallest absolute Gasteiger partial charge is 0.416 e. The molecule has 1 aromatic heterocycles. The zero-order valence-electron chi connectivity index (χ0n) is 21.4. The zero-order valence-corrected chi connectivity index (χ0v) is 21.4. The molecule has 0 atom stereocenters. The Balaban J connectivity index is 1.21. The van der Waals surface area contributed by atoms with Gasteiger partial charge in [0.05, 0.1) is 17.6 Å². The third kappa shape index (κ3) is 5.56. The lowest BCUT2D eigenvalue weighted by Gasteiger charge is -2.11. The summed E-state index contributed by atoms with van der Waals surface area (Å²) in [5, 5.41) is 16.1. The molecule has 1 aliphatic rings. The normalized spacial score (nSPS) is 14.0. The third-order valence-corrected chi connectivity index (χ3v) is 7.07. The molecule has 0 saturated heterocycles. The lowest BCUT2D eigenvalue weighted by atomic mass is 9.93. The van der Waals surface area contributed by atoms with Crippen molar-refractivity contribution >= 4 is 17.7 Å². The number of aliphatic carboxylic acids is 1. The predicted molar refractivity (Wildman–Crippen MR) is 141 cm³/mol. The Hall–Kier alpha value is -4.60. The summed E-state index contributed by atoms with van der Waals surface area (Å²) in [4.78, 5) is 24.0. The molecule has 1 aliphatic carbocycles. The number of ether oxygens (including phenoxy) is 1. The fourth-order valence-electron chi connectivity index (χ4n) is 4.52. The molecule has 4 aromatic rings. The van der Waals surface area contributed by atoms with Crippen LogP contribution in [0.4, 0.5) is 23.7 Å². The van der Waals surface area contributed by atoms with Crippen molar-refractivity contribution in [2.24, 2.45) is 0 Å². The SMILES string of the molecule is Cc1noc(-c2ccc(-c3ccc(C4(C(=O)O)CC4)cc3)cc2)c1NC(=O)OCCc1ccc(C(F)(F)F)cc1. The van der Waals surface area contributed by atoms with Crippen molar-refractivity contribution < 1.29 is 37.1 Å². The number of benzene rings is 3. The second-order valence-corrected chi connectivity index (χ2v) is 9.72. The van der Waals surface area contributed by atoms with Gasteiger partial charge in [-0.1, -0.05) is 65.8 Å². The molecule has 1 fully saturated rings. The number of aromatic nitrogens is 1. The minimum Gasteiger partial charge on any atom is -0.481 e. The number of anilines is 1. The largest absolute Gasteiger partial charge is 0.481 e. The fraction of sp³-hybridized carbons (Fsp3) is 0.233. The van der Waals surface area contributed by atoms with Crippen LogP contribution in [0, 0.1) is 6.92 Å². The lowest BCUT2D eigenvalue weighted by Crippen LogP contribution is -2.19. The van der Waals surface area contributed by atoms with Crippen LogP contribution in [0.1, 0.15) is 35.2 Å². The van der Waals surface area contributed by atoms with E-state index in [0.29, 0.717) is 41.1 Å². The van der Waals surface area contributed by atoms with E-state index in [1.165, 1.54) is 12.1 Å². The average Bonchev–Trinajstić information content (AvgIpc) is 3.68. The molecule has 7 nitrogen and oxygen atoms in total.